The van der Waals surface area contributed by atoms with Gasteiger partial charge < -0.3 is 14.8 Å². The Kier molecular flexibility index (Phi) is 6.75. The van der Waals surface area contributed by atoms with E-state index in [9.17, 15) is 9.59 Å². The summed E-state index contributed by atoms with van der Waals surface area (Å²) in [6.45, 7) is 3.77. The van der Waals surface area contributed by atoms with Crippen LogP contribution in [0.3, 0.4) is 0 Å². The zero-order valence-electron chi connectivity index (χ0n) is 12.1. The second-order valence-electron chi connectivity index (χ2n) is 4.76. The van der Waals surface area contributed by atoms with Crippen molar-refractivity contribution in [1.29, 1.82) is 5.26 Å². The van der Waals surface area contributed by atoms with Gasteiger partial charge in [0.2, 0.25) is 0 Å². The summed E-state index contributed by atoms with van der Waals surface area (Å²) in [4.78, 5) is 22.8. The van der Waals surface area contributed by atoms with Crippen molar-refractivity contribution in [2.24, 2.45) is 5.92 Å². The quantitative estimate of drug-likeness (QED) is 0.763. The summed E-state index contributed by atoms with van der Waals surface area (Å²) in [6, 6.07) is 8.52. The lowest BCUT2D eigenvalue weighted by atomic mass is 10.2. The highest BCUT2D eigenvalue weighted by atomic mass is 16.6. The van der Waals surface area contributed by atoms with E-state index in [0.29, 0.717) is 23.8 Å². The molecule has 0 saturated heterocycles. The van der Waals surface area contributed by atoms with Gasteiger partial charge in [-0.1, -0.05) is 26.0 Å². The molecule has 0 aliphatic rings. The minimum absolute atomic E-state index is 0.307. The topological polar surface area (TPSA) is 88.4 Å². The lowest BCUT2D eigenvalue weighted by Crippen LogP contribution is -2.32. The Bertz CT molecular complexity index is 535. The minimum Gasteiger partial charge on any atom is -0.481 e. The van der Waals surface area contributed by atoms with Crippen LogP contribution in [0.25, 0.3) is 0 Å². The van der Waals surface area contributed by atoms with Gasteiger partial charge in [0.1, 0.15) is 11.8 Å². The smallest absolute Gasteiger partial charge is 0.344 e. The summed E-state index contributed by atoms with van der Waals surface area (Å²) in [7, 11) is 0. The standard InChI is InChI=1S/C15H18N2O4/c1-11(2)8-17-14(18)9-21-15(19)10-20-13-6-4-3-5-12(13)7-16/h3-6,11H,8-10H2,1-2H3,(H,17,18). The first-order valence-electron chi connectivity index (χ1n) is 6.57. The van der Waals surface area contributed by atoms with E-state index >= 15 is 0 Å². The molecule has 1 amide bonds. The number of hydrogen-bond acceptors (Lipinski definition) is 5. The van der Waals surface area contributed by atoms with Gasteiger partial charge in [0, 0.05) is 6.54 Å². The van der Waals surface area contributed by atoms with Crippen molar-refractivity contribution in [1.82, 2.24) is 5.32 Å². The summed E-state index contributed by atoms with van der Waals surface area (Å²) in [5.74, 6) is -0.381. The maximum Gasteiger partial charge on any atom is 0.344 e. The molecule has 0 bridgehead atoms. The Morgan fingerprint density at radius 3 is 2.67 bits per heavy atom. The molecule has 0 fully saturated rings. The Morgan fingerprint density at radius 2 is 2.00 bits per heavy atom. The van der Waals surface area contributed by atoms with E-state index in [2.05, 4.69) is 5.32 Å². The number of nitrogens with zero attached hydrogens (tertiary/aromatic N) is 1. The van der Waals surface area contributed by atoms with Gasteiger partial charge in [-0.3, -0.25) is 4.79 Å². The Labute approximate surface area is 123 Å². The van der Waals surface area contributed by atoms with E-state index in [-0.39, 0.29) is 19.1 Å². The van der Waals surface area contributed by atoms with Gasteiger partial charge in [-0.05, 0) is 18.1 Å². The van der Waals surface area contributed by atoms with Gasteiger partial charge in [-0.15, -0.1) is 0 Å². The molecule has 0 heterocycles. The molecular weight excluding hydrogens is 272 g/mol. The number of benzene rings is 1. The van der Waals surface area contributed by atoms with Crippen LogP contribution in [0.2, 0.25) is 0 Å². The number of hydrogen-bond donors (Lipinski definition) is 1. The number of ether oxygens (including phenoxy) is 2. The molecule has 0 aliphatic carbocycles. The first-order chi connectivity index (χ1) is 10.0. The van der Waals surface area contributed by atoms with E-state index in [1.165, 1.54) is 0 Å². The van der Waals surface area contributed by atoms with Crippen molar-refractivity contribution < 1.29 is 19.1 Å². The third-order valence-corrected chi connectivity index (χ3v) is 2.42. The largest absolute Gasteiger partial charge is 0.481 e. The lowest BCUT2D eigenvalue weighted by molar-refractivity contribution is -0.150. The van der Waals surface area contributed by atoms with Crippen LogP contribution >= 0.6 is 0 Å². The molecule has 21 heavy (non-hydrogen) atoms. The SMILES string of the molecule is CC(C)CNC(=O)COC(=O)COc1ccccc1C#N. The molecule has 0 saturated carbocycles. The van der Waals surface area contributed by atoms with Crippen LogP contribution in [0, 0.1) is 17.2 Å². The Hall–Kier alpha value is -2.55. The van der Waals surface area contributed by atoms with Crippen LogP contribution in [0.1, 0.15) is 19.4 Å². The summed E-state index contributed by atoms with van der Waals surface area (Å²) in [5, 5.41) is 11.5. The van der Waals surface area contributed by atoms with E-state index in [1.54, 1.807) is 24.3 Å². The molecule has 0 radical (unpaired) electrons. The molecule has 0 aromatic heterocycles. The maximum atomic E-state index is 11.4. The Balaban J connectivity index is 2.31. The molecular formula is C15H18N2O4. The molecule has 1 aromatic carbocycles. The van der Waals surface area contributed by atoms with Crippen molar-refractivity contribution in [3.8, 4) is 11.8 Å². The molecule has 0 unspecified atom stereocenters. The highest BCUT2D eigenvalue weighted by Gasteiger charge is 2.10. The zero-order valence-corrected chi connectivity index (χ0v) is 12.1. The fraction of sp³-hybridized carbons (Fsp3) is 0.400. The van der Waals surface area contributed by atoms with Crippen LogP contribution in [0.15, 0.2) is 24.3 Å². The van der Waals surface area contributed by atoms with E-state index in [4.69, 9.17) is 14.7 Å². The summed E-state index contributed by atoms with van der Waals surface area (Å²) in [6.07, 6.45) is 0. The fourth-order valence-electron chi connectivity index (χ4n) is 1.38. The molecule has 6 nitrogen and oxygen atoms in total. The van der Waals surface area contributed by atoms with Gasteiger partial charge >= 0.3 is 5.97 Å². The first kappa shape index (κ1) is 16.5. The third kappa shape index (κ3) is 6.43. The summed E-state index contributed by atoms with van der Waals surface area (Å²) < 4.78 is 9.96. The Morgan fingerprint density at radius 1 is 1.29 bits per heavy atom. The van der Waals surface area contributed by atoms with Gasteiger partial charge in [0.15, 0.2) is 13.2 Å². The number of para-hydroxylation sites is 1. The molecule has 6 heteroatoms. The predicted octanol–water partition coefficient (Wildman–Crippen LogP) is 1.25. The fourth-order valence-corrected chi connectivity index (χ4v) is 1.38. The number of carbonyl (C=O) groups excluding carboxylic acids is 2. The minimum atomic E-state index is -0.664. The van der Waals surface area contributed by atoms with Crippen molar-refractivity contribution in [2.45, 2.75) is 13.8 Å². The monoisotopic (exact) mass is 290 g/mol. The van der Waals surface area contributed by atoms with Crippen LogP contribution in [0.4, 0.5) is 0 Å². The van der Waals surface area contributed by atoms with Crippen molar-refractivity contribution in [3.63, 3.8) is 0 Å². The van der Waals surface area contributed by atoms with E-state index < -0.39 is 5.97 Å². The average molecular weight is 290 g/mol. The number of rotatable bonds is 7. The second-order valence-corrected chi connectivity index (χ2v) is 4.76. The first-order valence-corrected chi connectivity index (χ1v) is 6.57. The van der Waals surface area contributed by atoms with Crippen molar-refractivity contribution in [2.75, 3.05) is 19.8 Å². The second kappa shape index (κ2) is 8.59. The summed E-state index contributed by atoms with van der Waals surface area (Å²) in [5.41, 5.74) is 0.333. The van der Waals surface area contributed by atoms with Gasteiger partial charge in [-0.2, -0.15) is 5.26 Å². The lowest BCUT2D eigenvalue weighted by Gasteiger charge is -2.09. The molecule has 0 aliphatic heterocycles. The highest BCUT2D eigenvalue weighted by molar-refractivity contribution is 5.80. The van der Waals surface area contributed by atoms with E-state index in [1.807, 2.05) is 19.9 Å². The van der Waals surface area contributed by atoms with Crippen molar-refractivity contribution in [3.05, 3.63) is 29.8 Å². The highest BCUT2D eigenvalue weighted by Crippen LogP contribution is 2.16. The van der Waals surface area contributed by atoms with Gasteiger partial charge in [-0.25, -0.2) is 4.79 Å². The van der Waals surface area contributed by atoms with Crippen LogP contribution in [0.5, 0.6) is 5.75 Å². The molecule has 1 N–H and O–H groups in total. The number of amides is 1. The predicted molar refractivity (Wildman–Crippen MR) is 75.5 cm³/mol. The van der Waals surface area contributed by atoms with Gasteiger partial charge in [0.25, 0.3) is 5.91 Å². The van der Waals surface area contributed by atoms with Crippen LogP contribution < -0.4 is 10.1 Å². The van der Waals surface area contributed by atoms with Gasteiger partial charge in [0.05, 0.1) is 5.56 Å². The molecule has 112 valence electrons. The third-order valence-electron chi connectivity index (χ3n) is 2.42. The zero-order chi connectivity index (χ0) is 15.7. The van der Waals surface area contributed by atoms with E-state index in [0.717, 1.165) is 0 Å². The number of carbonyl (C=O) groups is 2. The van der Waals surface area contributed by atoms with Crippen molar-refractivity contribution >= 4 is 11.9 Å². The summed E-state index contributed by atoms with van der Waals surface area (Å²) >= 11 is 0. The molecule has 1 rings (SSSR count). The molecule has 0 spiro atoms. The maximum absolute atomic E-state index is 11.4. The number of nitrogens with one attached hydrogen (secondary N) is 1. The van der Waals surface area contributed by atoms with Crippen LogP contribution in [-0.4, -0.2) is 31.6 Å². The molecule has 1 aromatic rings. The normalized spacial score (nSPS) is 9.81. The number of nitriles is 1. The average Bonchev–Trinajstić information content (AvgIpc) is 2.49. The molecule has 0 atom stereocenters. The van der Waals surface area contributed by atoms with Crippen LogP contribution in [-0.2, 0) is 14.3 Å². The number of esters is 1.